The first-order valence-corrected chi connectivity index (χ1v) is 6.43. The SMILES string of the molecule is COc1cccc(N2Cc3ccccc3OCC2=O)c1. The highest BCUT2D eigenvalue weighted by molar-refractivity contribution is 5.95. The van der Waals surface area contributed by atoms with E-state index in [9.17, 15) is 4.79 Å². The molecule has 0 saturated heterocycles. The molecular weight excluding hydrogens is 254 g/mol. The second-order valence-electron chi connectivity index (χ2n) is 4.58. The number of carbonyl (C=O) groups excluding carboxylic acids is 1. The molecule has 4 heteroatoms. The first-order valence-electron chi connectivity index (χ1n) is 6.43. The summed E-state index contributed by atoms with van der Waals surface area (Å²) in [6.45, 7) is 0.552. The van der Waals surface area contributed by atoms with E-state index in [2.05, 4.69) is 0 Å². The number of ether oxygens (including phenoxy) is 2. The van der Waals surface area contributed by atoms with Gasteiger partial charge in [0.05, 0.1) is 13.7 Å². The lowest BCUT2D eigenvalue weighted by molar-refractivity contribution is -0.120. The molecule has 1 heterocycles. The summed E-state index contributed by atoms with van der Waals surface area (Å²) in [6, 6.07) is 15.2. The van der Waals surface area contributed by atoms with Crippen molar-refractivity contribution in [3.63, 3.8) is 0 Å². The van der Waals surface area contributed by atoms with Crippen molar-refractivity contribution in [3.8, 4) is 11.5 Å². The van der Waals surface area contributed by atoms with Crippen LogP contribution in [0.15, 0.2) is 48.5 Å². The Bertz CT molecular complexity index is 639. The monoisotopic (exact) mass is 269 g/mol. The fourth-order valence-electron chi connectivity index (χ4n) is 2.26. The number of rotatable bonds is 2. The molecule has 1 aliphatic rings. The molecule has 0 aliphatic carbocycles. The number of methoxy groups -OCH3 is 1. The van der Waals surface area contributed by atoms with Crippen molar-refractivity contribution in [2.45, 2.75) is 6.54 Å². The number of amides is 1. The number of benzene rings is 2. The average molecular weight is 269 g/mol. The standard InChI is InChI=1S/C16H15NO3/c1-19-14-7-4-6-13(9-14)17-10-12-5-2-3-8-15(12)20-11-16(17)18/h2-9H,10-11H2,1H3. The lowest BCUT2D eigenvalue weighted by Crippen LogP contribution is -2.32. The Balaban J connectivity index is 1.97. The van der Waals surface area contributed by atoms with Crippen LogP contribution < -0.4 is 14.4 Å². The van der Waals surface area contributed by atoms with Crippen molar-refractivity contribution in [2.24, 2.45) is 0 Å². The van der Waals surface area contributed by atoms with Crippen molar-refractivity contribution in [2.75, 3.05) is 18.6 Å². The highest BCUT2D eigenvalue weighted by atomic mass is 16.5. The highest BCUT2D eigenvalue weighted by Crippen LogP contribution is 2.28. The van der Waals surface area contributed by atoms with Crippen LogP contribution in [0.25, 0.3) is 0 Å². The summed E-state index contributed by atoms with van der Waals surface area (Å²) in [6.07, 6.45) is 0. The fraction of sp³-hybridized carbons (Fsp3) is 0.188. The zero-order chi connectivity index (χ0) is 13.9. The van der Waals surface area contributed by atoms with Gasteiger partial charge in [-0.3, -0.25) is 4.79 Å². The molecule has 1 aliphatic heterocycles. The van der Waals surface area contributed by atoms with Crippen molar-refractivity contribution < 1.29 is 14.3 Å². The van der Waals surface area contributed by atoms with Gasteiger partial charge in [-0.2, -0.15) is 0 Å². The van der Waals surface area contributed by atoms with Crippen LogP contribution in [-0.4, -0.2) is 19.6 Å². The third-order valence-electron chi connectivity index (χ3n) is 3.32. The van der Waals surface area contributed by atoms with Crippen molar-refractivity contribution in [3.05, 3.63) is 54.1 Å². The molecule has 2 aromatic rings. The molecule has 0 bridgehead atoms. The molecule has 0 N–H and O–H groups in total. The zero-order valence-corrected chi connectivity index (χ0v) is 11.2. The smallest absolute Gasteiger partial charge is 0.265 e. The summed E-state index contributed by atoms with van der Waals surface area (Å²) >= 11 is 0. The van der Waals surface area contributed by atoms with Gasteiger partial charge in [-0.1, -0.05) is 24.3 Å². The van der Waals surface area contributed by atoms with Gasteiger partial charge in [0.25, 0.3) is 5.91 Å². The number of fused-ring (bicyclic) bond motifs is 1. The number of hydrogen-bond donors (Lipinski definition) is 0. The lowest BCUT2D eigenvalue weighted by Gasteiger charge is -2.20. The summed E-state index contributed by atoms with van der Waals surface area (Å²) in [4.78, 5) is 14.0. The summed E-state index contributed by atoms with van der Waals surface area (Å²) in [5.41, 5.74) is 1.82. The summed E-state index contributed by atoms with van der Waals surface area (Å²) in [5.74, 6) is 1.44. The van der Waals surface area contributed by atoms with E-state index in [1.54, 1.807) is 12.0 Å². The molecule has 4 nitrogen and oxygen atoms in total. The minimum Gasteiger partial charge on any atom is -0.497 e. The van der Waals surface area contributed by atoms with Crippen LogP contribution in [0.4, 0.5) is 5.69 Å². The van der Waals surface area contributed by atoms with Crippen molar-refractivity contribution in [1.82, 2.24) is 0 Å². The predicted molar refractivity (Wildman–Crippen MR) is 76.1 cm³/mol. The molecule has 0 aromatic heterocycles. The van der Waals surface area contributed by atoms with E-state index in [1.165, 1.54) is 0 Å². The number of hydrogen-bond acceptors (Lipinski definition) is 3. The molecule has 0 saturated carbocycles. The van der Waals surface area contributed by atoms with Gasteiger partial charge in [0.1, 0.15) is 11.5 Å². The van der Waals surface area contributed by atoms with Crippen molar-refractivity contribution >= 4 is 11.6 Å². The number of carbonyl (C=O) groups is 1. The van der Waals surface area contributed by atoms with Crippen molar-refractivity contribution in [1.29, 1.82) is 0 Å². The predicted octanol–water partition coefficient (Wildman–Crippen LogP) is 2.62. The number of para-hydroxylation sites is 1. The molecule has 0 unspecified atom stereocenters. The molecule has 0 fully saturated rings. The molecule has 0 spiro atoms. The Morgan fingerprint density at radius 1 is 1.15 bits per heavy atom. The second-order valence-corrected chi connectivity index (χ2v) is 4.58. The first kappa shape index (κ1) is 12.5. The molecule has 102 valence electrons. The maximum absolute atomic E-state index is 12.2. The molecule has 0 atom stereocenters. The van der Waals surface area contributed by atoms with E-state index in [4.69, 9.17) is 9.47 Å². The largest absolute Gasteiger partial charge is 0.497 e. The van der Waals surface area contributed by atoms with Gasteiger partial charge in [-0.25, -0.2) is 0 Å². The Hall–Kier alpha value is -2.49. The molecule has 1 amide bonds. The van der Waals surface area contributed by atoms with Gasteiger partial charge < -0.3 is 14.4 Å². The van der Waals surface area contributed by atoms with Gasteiger partial charge >= 0.3 is 0 Å². The van der Waals surface area contributed by atoms with E-state index >= 15 is 0 Å². The Morgan fingerprint density at radius 3 is 2.85 bits per heavy atom. The minimum atomic E-state index is -0.0607. The van der Waals surface area contributed by atoms with Gasteiger partial charge in [-0.05, 0) is 18.2 Å². The van der Waals surface area contributed by atoms with Crippen LogP contribution in [0, 0.1) is 0 Å². The third-order valence-corrected chi connectivity index (χ3v) is 3.32. The molecule has 3 rings (SSSR count). The van der Waals surface area contributed by atoms with Crippen LogP contribution in [-0.2, 0) is 11.3 Å². The van der Waals surface area contributed by atoms with Crippen LogP contribution >= 0.6 is 0 Å². The molecule has 20 heavy (non-hydrogen) atoms. The quantitative estimate of drug-likeness (QED) is 0.841. The molecule has 2 aromatic carbocycles. The van der Waals surface area contributed by atoms with E-state index in [0.717, 1.165) is 22.7 Å². The minimum absolute atomic E-state index is 0.0498. The topological polar surface area (TPSA) is 38.8 Å². The van der Waals surface area contributed by atoms with Gasteiger partial charge in [0.2, 0.25) is 0 Å². The van der Waals surface area contributed by atoms with E-state index < -0.39 is 0 Å². The number of nitrogens with zero attached hydrogens (tertiary/aromatic N) is 1. The van der Waals surface area contributed by atoms with Crippen LogP contribution in [0.2, 0.25) is 0 Å². The summed E-state index contributed by atoms with van der Waals surface area (Å²) < 4.78 is 10.8. The normalized spacial score (nSPS) is 14.2. The van der Waals surface area contributed by atoms with E-state index in [-0.39, 0.29) is 12.5 Å². The maximum atomic E-state index is 12.2. The third kappa shape index (κ3) is 2.32. The molecular formula is C16H15NO3. The van der Waals surface area contributed by atoms with Gasteiger partial charge in [-0.15, -0.1) is 0 Å². The summed E-state index contributed by atoms with van der Waals surface area (Å²) in [5, 5.41) is 0. The Morgan fingerprint density at radius 2 is 2.00 bits per heavy atom. The van der Waals surface area contributed by atoms with Crippen LogP contribution in [0.3, 0.4) is 0 Å². The summed E-state index contributed by atoms with van der Waals surface area (Å²) in [7, 11) is 1.61. The first-order chi connectivity index (χ1) is 9.78. The van der Waals surface area contributed by atoms with Gasteiger partial charge in [0.15, 0.2) is 6.61 Å². The van der Waals surface area contributed by atoms with Gasteiger partial charge in [0, 0.05) is 17.3 Å². The zero-order valence-electron chi connectivity index (χ0n) is 11.2. The van der Waals surface area contributed by atoms with E-state index in [0.29, 0.717) is 6.54 Å². The van der Waals surface area contributed by atoms with Crippen LogP contribution in [0.5, 0.6) is 11.5 Å². The van der Waals surface area contributed by atoms with E-state index in [1.807, 2.05) is 48.5 Å². The lowest BCUT2D eigenvalue weighted by atomic mass is 10.2. The maximum Gasteiger partial charge on any atom is 0.265 e. The molecule has 0 radical (unpaired) electrons. The second kappa shape index (κ2) is 5.25. The highest BCUT2D eigenvalue weighted by Gasteiger charge is 2.22. The number of anilines is 1. The van der Waals surface area contributed by atoms with Crippen LogP contribution in [0.1, 0.15) is 5.56 Å². The Kier molecular flexibility index (Phi) is 3.29. The average Bonchev–Trinajstić information content (AvgIpc) is 2.67. The Labute approximate surface area is 117 Å². The fourth-order valence-corrected chi connectivity index (χ4v) is 2.26.